The monoisotopic (exact) mass is 300 g/mol. The molecule has 2 aromatic rings. The van der Waals surface area contributed by atoms with Gasteiger partial charge >= 0.3 is 0 Å². The molecule has 0 radical (unpaired) electrons. The van der Waals surface area contributed by atoms with Crippen molar-refractivity contribution in [1.29, 1.82) is 5.26 Å². The van der Waals surface area contributed by atoms with Crippen LogP contribution in [0.5, 0.6) is 5.75 Å². The lowest BCUT2D eigenvalue weighted by molar-refractivity contribution is 0.312. The van der Waals surface area contributed by atoms with Crippen molar-refractivity contribution in [2.75, 3.05) is 12.0 Å². The quantitative estimate of drug-likeness (QED) is 0.482. The average molecular weight is 300 g/mol. The summed E-state index contributed by atoms with van der Waals surface area (Å²) < 4.78 is 5.57. The minimum atomic E-state index is 0.512. The van der Waals surface area contributed by atoms with Crippen molar-refractivity contribution >= 4 is 22.7 Å². The Morgan fingerprint density at radius 3 is 3.19 bits per heavy atom. The van der Waals surface area contributed by atoms with Crippen molar-refractivity contribution in [3.05, 3.63) is 40.9 Å². The van der Waals surface area contributed by atoms with Crippen LogP contribution in [-0.2, 0) is 0 Å². The summed E-state index contributed by atoms with van der Waals surface area (Å²) in [6.45, 7) is 2.49. The number of nitrogens with zero attached hydrogens (tertiary/aromatic N) is 3. The Hall–Kier alpha value is -2.39. The van der Waals surface area contributed by atoms with Crippen molar-refractivity contribution in [3.63, 3.8) is 0 Å². The number of benzene rings is 1. The number of aryl methyl sites for hydroxylation is 1. The minimum Gasteiger partial charge on any atom is -0.494 e. The van der Waals surface area contributed by atoms with Gasteiger partial charge in [-0.1, -0.05) is 12.1 Å². The van der Waals surface area contributed by atoms with Crippen LogP contribution in [-0.4, -0.2) is 17.8 Å². The summed E-state index contributed by atoms with van der Waals surface area (Å²) in [5.41, 5.74) is 4.81. The van der Waals surface area contributed by atoms with Crippen LogP contribution in [0.3, 0.4) is 0 Å². The molecule has 108 valence electrons. The van der Waals surface area contributed by atoms with Crippen LogP contribution in [0.2, 0.25) is 0 Å². The number of rotatable bonds is 7. The summed E-state index contributed by atoms with van der Waals surface area (Å²) in [6, 6.07) is 9.75. The van der Waals surface area contributed by atoms with Gasteiger partial charge in [0.2, 0.25) is 5.13 Å². The molecule has 0 unspecified atom stereocenters. The predicted molar refractivity (Wildman–Crippen MR) is 84.9 cm³/mol. The number of anilines is 1. The summed E-state index contributed by atoms with van der Waals surface area (Å²) in [5.74, 6) is 0.780. The molecule has 0 bridgehead atoms. The molecule has 5 nitrogen and oxygen atoms in total. The van der Waals surface area contributed by atoms with Crippen LogP contribution in [0.1, 0.15) is 24.1 Å². The van der Waals surface area contributed by atoms with Crippen molar-refractivity contribution in [2.24, 2.45) is 5.10 Å². The molecule has 0 saturated carbocycles. The van der Waals surface area contributed by atoms with Gasteiger partial charge in [0.15, 0.2) is 0 Å². The van der Waals surface area contributed by atoms with E-state index in [-0.39, 0.29) is 0 Å². The molecule has 0 amide bonds. The number of ether oxygens (including phenoxy) is 1. The number of unbranched alkanes of at least 4 members (excludes halogenated alkanes) is 1. The van der Waals surface area contributed by atoms with Gasteiger partial charge in [-0.25, -0.2) is 4.98 Å². The summed E-state index contributed by atoms with van der Waals surface area (Å²) in [4.78, 5) is 4.26. The molecular formula is C15H16N4OS. The smallest absolute Gasteiger partial charge is 0.203 e. The molecule has 0 fully saturated rings. The number of thiazole rings is 1. The van der Waals surface area contributed by atoms with E-state index < -0.39 is 0 Å². The van der Waals surface area contributed by atoms with E-state index in [9.17, 15) is 0 Å². The summed E-state index contributed by atoms with van der Waals surface area (Å²) in [5, 5.41) is 15.4. The highest BCUT2D eigenvalue weighted by atomic mass is 32.1. The topological polar surface area (TPSA) is 70.3 Å². The molecule has 0 spiro atoms. The molecule has 1 N–H and O–H groups in total. The lowest BCUT2D eigenvalue weighted by Crippen LogP contribution is -1.97. The molecule has 1 aromatic carbocycles. The van der Waals surface area contributed by atoms with Crippen LogP contribution >= 0.6 is 11.3 Å². The number of aromatic nitrogens is 1. The van der Waals surface area contributed by atoms with E-state index in [1.807, 2.05) is 36.6 Å². The second-order valence-corrected chi connectivity index (χ2v) is 5.20. The average Bonchev–Trinajstić information content (AvgIpc) is 2.90. The van der Waals surface area contributed by atoms with Gasteiger partial charge < -0.3 is 4.74 Å². The fraction of sp³-hybridized carbons (Fsp3) is 0.267. The molecule has 0 aliphatic heterocycles. The maximum absolute atomic E-state index is 8.47. The van der Waals surface area contributed by atoms with Gasteiger partial charge in [0.25, 0.3) is 0 Å². The molecule has 2 rings (SSSR count). The normalized spacial score (nSPS) is 10.5. The van der Waals surface area contributed by atoms with E-state index in [4.69, 9.17) is 10.00 Å². The van der Waals surface area contributed by atoms with Crippen LogP contribution in [0.15, 0.2) is 34.7 Å². The Morgan fingerprint density at radius 2 is 2.43 bits per heavy atom. The Kier molecular flexibility index (Phi) is 5.73. The van der Waals surface area contributed by atoms with E-state index in [0.29, 0.717) is 13.0 Å². The molecular weight excluding hydrogens is 284 g/mol. The lowest BCUT2D eigenvalue weighted by Gasteiger charge is -2.05. The van der Waals surface area contributed by atoms with Gasteiger partial charge in [0.05, 0.1) is 24.6 Å². The third kappa shape index (κ3) is 5.24. The zero-order valence-corrected chi connectivity index (χ0v) is 12.6. The van der Waals surface area contributed by atoms with Crippen molar-refractivity contribution < 1.29 is 4.74 Å². The van der Waals surface area contributed by atoms with E-state index in [1.54, 1.807) is 6.21 Å². The van der Waals surface area contributed by atoms with Gasteiger partial charge in [0.1, 0.15) is 5.75 Å². The first-order valence-corrected chi connectivity index (χ1v) is 7.47. The number of nitrogens with one attached hydrogen (secondary N) is 1. The van der Waals surface area contributed by atoms with Crippen molar-refractivity contribution in [2.45, 2.75) is 19.8 Å². The van der Waals surface area contributed by atoms with Crippen molar-refractivity contribution in [3.8, 4) is 11.8 Å². The molecule has 6 heteroatoms. The van der Waals surface area contributed by atoms with Gasteiger partial charge in [-0.15, -0.1) is 11.3 Å². The summed E-state index contributed by atoms with van der Waals surface area (Å²) in [6.07, 6.45) is 2.97. The molecule has 0 atom stereocenters. The van der Waals surface area contributed by atoms with Gasteiger partial charge in [-0.05, 0) is 31.0 Å². The highest BCUT2D eigenvalue weighted by Gasteiger charge is 1.97. The molecule has 21 heavy (non-hydrogen) atoms. The Balaban J connectivity index is 1.86. The highest BCUT2D eigenvalue weighted by molar-refractivity contribution is 7.13. The van der Waals surface area contributed by atoms with E-state index in [1.165, 1.54) is 11.3 Å². The van der Waals surface area contributed by atoms with E-state index in [0.717, 1.165) is 28.6 Å². The number of hydrogen-bond acceptors (Lipinski definition) is 6. The SMILES string of the molecule is Cc1csc(NN=Cc2cccc(OCCCC#N)c2)n1. The summed E-state index contributed by atoms with van der Waals surface area (Å²) in [7, 11) is 0. The van der Waals surface area contributed by atoms with E-state index >= 15 is 0 Å². The van der Waals surface area contributed by atoms with Crippen LogP contribution in [0.4, 0.5) is 5.13 Å². The Labute approximate surface area is 127 Å². The number of nitriles is 1. The fourth-order valence-corrected chi connectivity index (χ4v) is 2.23. The van der Waals surface area contributed by atoms with Crippen LogP contribution < -0.4 is 10.2 Å². The Morgan fingerprint density at radius 1 is 1.52 bits per heavy atom. The largest absolute Gasteiger partial charge is 0.494 e. The summed E-state index contributed by atoms with van der Waals surface area (Å²) >= 11 is 1.52. The first-order valence-electron chi connectivity index (χ1n) is 6.59. The second kappa shape index (κ2) is 8.02. The highest BCUT2D eigenvalue weighted by Crippen LogP contribution is 2.15. The molecule has 1 heterocycles. The third-order valence-electron chi connectivity index (χ3n) is 2.55. The maximum atomic E-state index is 8.47. The maximum Gasteiger partial charge on any atom is 0.203 e. The minimum absolute atomic E-state index is 0.512. The van der Waals surface area contributed by atoms with Gasteiger partial charge in [-0.2, -0.15) is 10.4 Å². The molecule has 0 aliphatic carbocycles. The van der Waals surface area contributed by atoms with Crippen LogP contribution in [0, 0.1) is 18.3 Å². The first kappa shape index (κ1) is 15.0. The zero-order chi connectivity index (χ0) is 14.9. The van der Waals surface area contributed by atoms with Gasteiger partial charge in [0, 0.05) is 11.8 Å². The first-order chi connectivity index (χ1) is 10.3. The molecule has 0 saturated heterocycles. The van der Waals surface area contributed by atoms with E-state index in [2.05, 4.69) is 21.6 Å². The second-order valence-electron chi connectivity index (χ2n) is 4.35. The zero-order valence-electron chi connectivity index (χ0n) is 11.7. The molecule has 0 aliphatic rings. The Bertz CT molecular complexity index is 645. The van der Waals surface area contributed by atoms with Crippen LogP contribution in [0.25, 0.3) is 0 Å². The standard InChI is InChI=1S/C15H16N4OS/c1-12-11-21-15(18-12)19-17-10-13-5-4-6-14(9-13)20-8-3-2-7-16/h4-6,9-11H,2-3,8H2,1H3,(H,18,19). The fourth-order valence-electron chi connectivity index (χ4n) is 1.59. The van der Waals surface area contributed by atoms with Crippen molar-refractivity contribution in [1.82, 2.24) is 4.98 Å². The lowest BCUT2D eigenvalue weighted by atomic mass is 10.2. The third-order valence-corrected chi connectivity index (χ3v) is 3.42. The number of hydrazone groups is 1. The molecule has 1 aromatic heterocycles. The van der Waals surface area contributed by atoms with Gasteiger partial charge in [-0.3, -0.25) is 5.43 Å². The predicted octanol–water partition coefficient (Wildman–Crippen LogP) is 3.58. The number of hydrogen-bond donors (Lipinski definition) is 1.